The summed E-state index contributed by atoms with van der Waals surface area (Å²) in [6.45, 7) is 37.3. The minimum Gasteiger partial charge on any atom is -0.386 e. The van der Waals surface area contributed by atoms with Crippen molar-refractivity contribution >= 4 is 5.69 Å². The molecule has 0 saturated carbocycles. The van der Waals surface area contributed by atoms with Crippen molar-refractivity contribution in [3.8, 4) is 0 Å². The van der Waals surface area contributed by atoms with Crippen molar-refractivity contribution in [2.24, 2.45) is 33.5 Å². The van der Waals surface area contributed by atoms with Crippen molar-refractivity contribution in [2.45, 2.75) is 102 Å². The first-order valence-electron chi connectivity index (χ1n) is 12.7. The summed E-state index contributed by atoms with van der Waals surface area (Å²) in [5, 5.41) is 7.27. The Morgan fingerprint density at radius 1 is 0.758 bits per heavy atom. The lowest BCUT2D eigenvalue weighted by Crippen LogP contribution is -2.46. The zero-order valence-electron chi connectivity index (χ0n) is 23.9. The van der Waals surface area contributed by atoms with Gasteiger partial charge in [0.15, 0.2) is 0 Å². The van der Waals surface area contributed by atoms with Crippen LogP contribution in [0.15, 0.2) is 54.9 Å². The first-order chi connectivity index (χ1) is 14.8. The Morgan fingerprint density at radius 3 is 1.70 bits per heavy atom. The quantitative estimate of drug-likeness (QED) is 0.348. The van der Waals surface area contributed by atoms with E-state index < -0.39 is 0 Å². The van der Waals surface area contributed by atoms with Gasteiger partial charge in [-0.15, -0.1) is 0 Å². The van der Waals surface area contributed by atoms with Crippen LogP contribution in [0.3, 0.4) is 0 Å². The molecule has 2 atom stereocenters. The molecule has 0 aliphatic rings. The third-order valence-corrected chi connectivity index (χ3v) is 7.59. The molecule has 0 aliphatic carbocycles. The van der Waals surface area contributed by atoms with E-state index in [0.717, 1.165) is 24.2 Å². The summed E-state index contributed by atoms with van der Waals surface area (Å²) in [4.78, 5) is 0. The van der Waals surface area contributed by atoms with Crippen LogP contribution in [0.25, 0.3) is 0 Å². The van der Waals surface area contributed by atoms with Gasteiger partial charge in [-0.1, -0.05) is 101 Å². The first kappa shape index (κ1) is 29.3. The van der Waals surface area contributed by atoms with Crippen molar-refractivity contribution < 1.29 is 0 Å². The van der Waals surface area contributed by atoms with Crippen LogP contribution in [-0.2, 0) is 0 Å². The second-order valence-corrected chi connectivity index (χ2v) is 13.9. The molecular formula is C31H54N2. The fraction of sp³-hybridized carbons (Fsp3) is 0.677. The summed E-state index contributed by atoms with van der Waals surface area (Å²) in [6.07, 6.45) is 2.16. The maximum atomic E-state index is 4.54. The van der Waals surface area contributed by atoms with E-state index in [0.29, 0.717) is 17.9 Å². The summed E-state index contributed by atoms with van der Waals surface area (Å²) in [5.74, 6) is 0.694. The van der Waals surface area contributed by atoms with E-state index in [1.54, 1.807) is 0 Å². The number of hydrogen-bond acceptors (Lipinski definition) is 2. The van der Waals surface area contributed by atoms with Crippen molar-refractivity contribution in [1.82, 2.24) is 5.32 Å². The van der Waals surface area contributed by atoms with E-state index in [-0.39, 0.29) is 21.7 Å². The van der Waals surface area contributed by atoms with Gasteiger partial charge >= 0.3 is 0 Å². The zero-order valence-corrected chi connectivity index (χ0v) is 23.9. The third kappa shape index (κ3) is 8.54. The molecule has 0 saturated heterocycles. The summed E-state index contributed by atoms with van der Waals surface area (Å²) in [6, 6.07) is 10.8. The van der Waals surface area contributed by atoms with Gasteiger partial charge < -0.3 is 10.6 Å². The topological polar surface area (TPSA) is 24.1 Å². The smallest absolute Gasteiger partial charge is 0.0381 e. The monoisotopic (exact) mass is 454 g/mol. The summed E-state index contributed by atoms with van der Waals surface area (Å²) in [5.41, 5.74) is 3.80. The Bertz CT molecular complexity index is 769. The Morgan fingerprint density at radius 2 is 1.27 bits per heavy atom. The predicted octanol–water partition coefficient (Wildman–Crippen LogP) is 9.28. The number of anilines is 1. The molecule has 1 aromatic rings. The molecule has 2 heteroatoms. The molecule has 0 heterocycles. The first-order valence-corrected chi connectivity index (χ1v) is 12.7. The molecule has 2 unspecified atom stereocenters. The molecule has 33 heavy (non-hydrogen) atoms. The molecule has 0 radical (unpaired) electrons. The molecule has 2 nitrogen and oxygen atoms in total. The van der Waals surface area contributed by atoms with Gasteiger partial charge in [0.2, 0.25) is 0 Å². The SMILES string of the molecule is C=C(Nc1ccccc1)C(CC(C)(C)C(C)(C)C(CC(C)(C)C)C(=C)NC(C)C)C(C)(C)C. The Kier molecular flexibility index (Phi) is 9.51. The van der Waals surface area contributed by atoms with E-state index in [4.69, 9.17) is 0 Å². The fourth-order valence-corrected chi connectivity index (χ4v) is 4.89. The van der Waals surface area contributed by atoms with Crippen LogP contribution >= 0.6 is 0 Å². The van der Waals surface area contributed by atoms with Crippen molar-refractivity contribution in [1.29, 1.82) is 0 Å². The lowest BCUT2D eigenvalue weighted by Gasteiger charge is -2.52. The Balaban J connectivity index is 3.30. The summed E-state index contributed by atoms with van der Waals surface area (Å²) >= 11 is 0. The van der Waals surface area contributed by atoms with Crippen LogP contribution in [0.2, 0.25) is 0 Å². The number of para-hydroxylation sites is 1. The molecule has 2 N–H and O–H groups in total. The van der Waals surface area contributed by atoms with Crippen LogP contribution in [0.5, 0.6) is 0 Å². The maximum Gasteiger partial charge on any atom is 0.0381 e. The average molecular weight is 455 g/mol. The highest BCUT2D eigenvalue weighted by Gasteiger charge is 2.47. The van der Waals surface area contributed by atoms with Crippen molar-refractivity contribution in [3.05, 3.63) is 54.9 Å². The number of hydrogen-bond donors (Lipinski definition) is 2. The van der Waals surface area contributed by atoms with E-state index in [1.165, 1.54) is 5.70 Å². The lowest BCUT2D eigenvalue weighted by molar-refractivity contribution is 0.00417. The highest BCUT2D eigenvalue weighted by molar-refractivity contribution is 5.48. The van der Waals surface area contributed by atoms with Crippen molar-refractivity contribution in [2.75, 3.05) is 5.32 Å². The number of rotatable bonds is 11. The molecule has 1 aromatic carbocycles. The van der Waals surface area contributed by atoms with Gasteiger partial charge in [-0.3, -0.25) is 0 Å². The van der Waals surface area contributed by atoms with E-state index in [1.807, 2.05) is 6.07 Å². The fourth-order valence-electron chi connectivity index (χ4n) is 4.89. The number of allylic oxidation sites excluding steroid dienone is 2. The maximum absolute atomic E-state index is 4.54. The highest BCUT2D eigenvalue weighted by atomic mass is 14.9. The van der Waals surface area contributed by atoms with Gasteiger partial charge in [-0.25, -0.2) is 0 Å². The van der Waals surface area contributed by atoms with Gasteiger partial charge in [0.1, 0.15) is 0 Å². The van der Waals surface area contributed by atoms with Crippen LogP contribution in [0.1, 0.15) is 95.9 Å². The molecule has 0 aliphatic heterocycles. The molecule has 0 fully saturated rings. The molecular weight excluding hydrogens is 400 g/mol. The van der Waals surface area contributed by atoms with Gasteiger partial charge in [-0.2, -0.15) is 0 Å². The van der Waals surface area contributed by atoms with E-state index >= 15 is 0 Å². The Labute approximate surface area is 206 Å². The van der Waals surface area contributed by atoms with Gasteiger partial charge in [-0.05, 0) is 60.5 Å². The lowest BCUT2D eigenvalue weighted by atomic mass is 9.54. The van der Waals surface area contributed by atoms with E-state index in [2.05, 4.69) is 131 Å². The second-order valence-electron chi connectivity index (χ2n) is 13.9. The standard InChI is InChI=1S/C31H54N2/c1-22(2)32-24(4)27(20-28(5,6)7)31(13,14)30(11,12)21-26(29(8,9)10)23(3)33-25-18-16-15-17-19-25/h15-19,22,26-27,32-33H,3-4,20-21H2,1-2,5-14H3. The van der Waals surface area contributed by atoms with Gasteiger partial charge in [0.05, 0.1) is 0 Å². The normalized spacial score (nSPS) is 15.2. The van der Waals surface area contributed by atoms with Crippen LogP contribution < -0.4 is 10.6 Å². The molecule has 188 valence electrons. The van der Waals surface area contributed by atoms with Crippen LogP contribution in [-0.4, -0.2) is 6.04 Å². The third-order valence-electron chi connectivity index (χ3n) is 7.59. The number of nitrogens with one attached hydrogen (secondary N) is 2. The molecule has 0 bridgehead atoms. The zero-order chi connectivity index (χ0) is 25.8. The van der Waals surface area contributed by atoms with E-state index in [9.17, 15) is 0 Å². The predicted molar refractivity (Wildman–Crippen MR) is 149 cm³/mol. The second kappa shape index (κ2) is 10.7. The molecule has 0 aromatic heterocycles. The number of benzene rings is 1. The molecule has 0 spiro atoms. The largest absolute Gasteiger partial charge is 0.386 e. The van der Waals surface area contributed by atoms with Crippen LogP contribution in [0, 0.1) is 33.5 Å². The highest BCUT2D eigenvalue weighted by Crippen LogP contribution is 2.55. The minimum atomic E-state index is 0.0375. The molecule has 0 amide bonds. The minimum absolute atomic E-state index is 0.0375. The van der Waals surface area contributed by atoms with Crippen LogP contribution in [0.4, 0.5) is 5.69 Å². The van der Waals surface area contributed by atoms with Gasteiger partial charge in [0.25, 0.3) is 0 Å². The Hall–Kier alpha value is -1.70. The average Bonchev–Trinajstić information content (AvgIpc) is 2.62. The van der Waals surface area contributed by atoms with Crippen molar-refractivity contribution in [3.63, 3.8) is 0 Å². The molecule has 1 rings (SSSR count). The summed E-state index contributed by atoms with van der Waals surface area (Å²) in [7, 11) is 0. The van der Waals surface area contributed by atoms with Gasteiger partial charge in [0, 0.05) is 35.0 Å². The summed E-state index contributed by atoms with van der Waals surface area (Å²) < 4.78 is 0.